The highest BCUT2D eigenvalue weighted by Gasteiger charge is 2.14. The Balaban J connectivity index is 1.68. The summed E-state index contributed by atoms with van der Waals surface area (Å²) in [5, 5.41) is 8.80. The molecule has 2 aromatic carbocycles. The summed E-state index contributed by atoms with van der Waals surface area (Å²) in [7, 11) is 0. The lowest BCUT2D eigenvalue weighted by atomic mass is 10.1. The lowest BCUT2D eigenvalue weighted by Crippen LogP contribution is -2.02. The zero-order valence-electron chi connectivity index (χ0n) is 12.3. The van der Waals surface area contributed by atoms with Gasteiger partial charge in [0.15, 0.2) is 5.78 Å². The molecule has 0 aliphatic carbocycles. The van der Waals surface area contributed by atoms with Crippen LogP contribution < -0.4 is 0 Å². The molecule has 1 heterocycles. The van der Waals surface area contributed by atoms with E-state index in [4.69, 9.17) is 16.0 Å². The number of aromatic nitrogens is 2. The number of hydrogen-bond acceptors (Lipinski definition) is 5. The van der Waals surface area contributed by atoms with Crippen molar-refractivity contribution in [3.63, 3.8) is 0 Å². The Bertz CT molecular complexity index is 848. The Hall–Kier alpha value is -2.11. The summed E-state index contributed by atoms with van der Waals surface area (Å²) < 4.78 is 5.60. The number of rotatable bonds is 5. The third-order valence-electron chi connectivity index (χ3n) is 3.17. The van der Waals surface area contributed by atoms with Crippen molar-refractivity contribution in [2.24, 2.45) is 0 Å². The van der Waals surface area contributed by atoms with Crippen molar-refractivity contribution in [2.45, 2.75) is 12.1 Å². The molecule has 0 radical (unpaired) electrons. The topological polar surface area (TPSA) is 56.0 Å². The van der Waals surface area contributed by atoms with Crippen molar-refractivity contribution in [1.29, 1.82) is 0 Å². The van der Waals surface area contributed by atoms with Gasteiger partial charge >= 0.3 is 0 Å². The van der Waals surface area contributed by atoms with Crippen LogP contribution in [0.5, 0.6) is 0 Å². The first-order valence-electron chi connectivity index (χ1n) is 6.94. The van der Waals surface area contributed by atoms with Crippen molar-refractivity contribution in [3.05, 3.63) is 64.7 Å². The Kier molecular flexibility index (Phi) is 4.79. The molecule has 0 bridgehead atoms. The van der Waals surface area contributed by atoms with Crippen LogP contribution in [0.25, 0.3) is 11.5 Å². The number of carbonyl (C=O) groups is 1. The highest BCUT2D eigenvalue weighted by Crippen LogP contribution is 2.25. The molecule has 0 N–H and O–H groups in total. The molecule has 0 unspecified atom stereocenters. The van der Waals surface area contributed by atoms with Gasteiger partial charge < -0.3 is 4.42 Å². The molecule has 0 fully saturated rings. The van der Waals surface area contributed by atoms with E-state index in [0.717, 1.165) is 11.1 Å². The first-order valence-corrected chi connectivity index (χ1v) is 8.31. The van der Waals surface area contributed by atoms with Crippen LogP contribution in [0.15, 0.2) is 58.2 Å². The maximum Gasteiger partial charge on any atom is 0.277 e. The van der Waals surface area contributed by atoms with Gasteiger partial charge in [-0.05, 0) is 31.2 Å². The van der Waals surface area contributed by atoms with E-state index in [1.165, 1.54) is 11.8 Å². The van der Waals surface area contributed by atoms with E-state index in [1.807, 2.05) is 31.2 Å². The summed E-state index contributed by atoms with van der Waals surface area (Å²) in [5.41, 5.74) is 2.48. The van der Waals surface area contributed by atoms with Crippen molar-refractivity contribution in [2.75, 3.05) is 5.75 Å². The summed E-state index contributed by atoms with van der Waals surface area (Å²) in [4.78, 5) is 12.2. The van der Waals surface area contributed by atoms with Crippen LogP contribution in [0.2, 0.25) is 5.02 Å². The van der Waals surface area contributed by atoms with Gasteiger partial charge in [-0.1, -0.05) is 53.2 Å². The normalized spacial score (nSPS) is 10.7. The summed E-state index contributed by atoms with van der Waals surface area (Å²) >= 11 is 7.22. The number of ketones is 1. The summed E-state index contributed by atoms with van der Waals surface area (Å²) in [5.74, 6) is 0.566. The van der Waals surface area contributed by atoms with Crippen molar-refractivity contribution >= 4 is 29.1 Å². The van der Waals surface area contributed by atoms with Gasteiger partial charge in [-0.15, -0.1) is 10.2 Å². The first kappa shape index (κ1) is 15.8. The Morgan fingerprint density at radius 3 is 2.78 bits per heavy atom. The number of hydrogen-bond donors (Lipinski definition) is 0. The number of thioether (sulfide) groups is 1. The van der Waals surface area contributed by atoms with Crippen LogP contribution >= 0.6 is 23.4 Å². The van der Waals surface area contributed by atoms with E-state index >= 15 is 0 Å². The summed E-state index contributed by atoms with van der Waals surface area (Å²) in [6.45, 7) is 2.00. The van der Waals surface area contributed by atoms with Gasteiger partial charge in [0.25, 0.3) is 5.22 Å². The van der Waals surface area contributed by atoms with E-state index < -0.39 is 0 Å². The van der Waals surface area contributed by atoms with Crippen LogP contribution in [0.1, 0.15) is 15.9 Å². The van der Waals surface area contributed by atoms with E-state index in [2.05, 4.69) is 10.2 Å². The molecule has 0 aliphatic heterocycles. The number of benzene rings is 2. The fraction of sp³-hybridized carbons (Fsp3) is 0.118. The molecule has 3 rings (SSSR count). The molecule has 0 aliphatic rings. The third-order valence-corrected chi connectivity index (χ3v) is 4.32. The van der Waals surface area contributed by atoms with Gasteiger partial charge in [0.05, 0.1) is 10.8 Å². The SMILES string of the molecule is Cc1cccc(-c2nnc(SCC(=O)c3ccccc3Cl)o2)c1. The number of carbonyl (C=O) groups excluding carboxylic acids is 1. The average Bonchev–Trinajstić information content (AvgIpc) is 3.02. The monoisotopic (exact) mass is 344 g/mol. The van der Waals surface area contributed by atoms with Gasteiger partial charge in [-0.3, -0.25) is 4.79 Å². The molecule has 0 saturated carbocycles. The zero-order valence-corrected chi connectivity index (χ0v) is 13.9. The molecule has 6 heteroatoms. The molecule has 0 amide bonds. The maximum atomic E-state index is 12.2. The number of nitrogens with zero attached hydrogens (tertiary/aromatic N) is 2. The highest BCUT2D eigenvalue weighted by atomic mass is 35.5. The molecule has 23 heavy (non-hydrogen) atoms. The lowest BCUT2D eigenvalue weighted by Gasteiger charge is -2.01. The number of halogens is 1. The van der Waals surface area contributed by atoms with Gasteiger partial charge in [-0.2, -0.15) is 0 Å². The molecule has 4 nitrogen and oxygen atoms in total. The minimum Gasteiger partial charge on any atom is -0.411 e. The van der Waals surface area contributed by atoms with Crippen molar-refractivity contribution in [1.82, 2.24) is 10.2 Å². The van der Waals surface area contributed by atoms with Crippen molar-refractivity contribution < 1.29 is 9.21 Å². The Morgan fingerprint density at radius 1 is 1.17 bits per heavy atom. The smallest absolute Gasteiger partial charge is 0.277 e. The molecule has 3 aromatic rings. The quantitative estimate of drug-likeness (QED) is 0.497. The van der Waals surface area contributed by atoms with E-state index in [0.29, 0.717) is 21.7 Å². The van der Waals surface area contributed by atoms with Crippen LogP contribution in [0, 0.1) is 6.92 Å². The lowest BCUT2D eigenvalue weighted by molar-refractivity contribution is 0.102. The van der Waals surface area contributed by atoms with Gasteiger partial charge in [0.1, 0.15) is 0 Å². The molecule has 0 saturated heterocycles. The van der Waals surface area contributed by atoms with Crippen LogP contribution in [0.4, 0.5) is 0 Å². The number of Topliss-reactive ketones (excluding diaryl/α,β-unsaturated/α-hetero) is 1. The van der Waals surface area contributed by atoms with Gasteiger partial charge in [0.2, 0.25) is 5.89 Å². The van der Waals surface area contributed by atoms with E-state index in [-0.39, 0.29) is 11.5 Å². The second-order valence-electron chi connectivity index (χ2n) is 4.93. The first-order chi connectivity index (χ1) is 11.1. The Labute approximate surface area is 142 Å². The summed E-state index contributed by atoms with van der Waals surface area (Å²) in [6, 6.07) is 14.8. The fourth-order valence-corrected chi connectivity index (χ4v) is 2.94. The molecule has 0 atom stereocenters. The fourth-order valence-electron chi connectivity index (χ4n) is 2.06. The molecular formula is C17H13ClN2O2S. The summed E-state index contributed by atoms with van der Waals surface area (Å²) in [6.07, 6.45) is 0. The van der Waals surface area contributed by atoms with Gasteiger partial charge in [0, 0.05) is 11.1 Å². The maximum absolute atomic E-state index is 12.2. The van der Waals surface area contributed by atoms with Crippen LogP contribution in [0.3, 0.4) is 0 Å². The highest BCUT2D eigenvalue weighted by molar-refractivity contribution is 7.99. The van der Waals surface area contributed by atoms with Gasteiger partial charge in [-0.25, -0.2) is 0 Å². The van der Waals surface area contributed by atoms with E-state index in [1.54, 1.807) is 24.3 Å². The molecular weight excluding hydrogens is 332 g/mol. The standard InChI is InChI=1S/C17H13ClN2O2S/c1-11-5-4-6-12(9-11)16-19-20-17(22-16)23-10-15(21)13-7-2-3-8-14(13)18/h2-9H,10H2,1H3. The Morgan fingerprint density at radius 2 is 2.00 bits per heavy atom. The second kappa shape index (κ2) is 6.98. The van der Waals surface area contributed by atoms with Crippen molar-refractivity contribution in [3.8, 4) is 11.5 Å². The second-order valence-corrected chi connectivity index (χ2v) is 6.27. The predicted molar refractivity (Wildman–Crippen MR) is 91.0 cm³/mol. The van der Waals surface area contributed by atoms with E-state index in [9.17, 15) is 4.79 Å². The zero-order chi connectivity index (χ0) is 16.2. The molecule has 1 aromatic heterocycles. The predicted octanol–water partition coefficient (Wildman–Crippen LogP) is 4.67. The minimum absolute atomic E-state index is 0.0732. The largest absolute Gasteiger partial charge is 0.411 e. The molecule has 0 spiro atoms. The van der Waals surface area contributed by atoms with Crippen LogP contribution in [-0.2, 0) is 0 Å². The average molecular weight is 345 g/mol. The van der Waals surface area contributed by atoms with Crippen LogP contribution in [-0.4, -0.2) is 21.7 Å². The number of aryl methyl sites for hydroxylation is 1. The molecule has 116 valence electrons. The minimum atomic E-state index is -0.0732. The third kappa shape index (κ3) is 3.81.